The van der Waals surface area contributed by atoms with Crippen molar-refractivity contribution < 1.29 is 4.74 Å². The Bertz CT molecular complexity index is 289. The van der Waals surface area contributed by atoms with E-state index >= 15 is 0 Å². The van der Waals surface area contributed by atoms with E-state index in [0.717, 1.165) is 31.9 Å². The molecule has 1 saturated heterocycles. The molecule has 0 spiro atoms. The van der Waals surface area contributed by atoms with Gasteiger partial charge in [0.05, 0.1) is 6.10 Å². The van der Waals surface area contributed by atoms with E-state index in [1.54, 1.807) is 0 Å². The van der Waals surface area contributed by atoms with E-state index in [0.29, 0.717) is 12.0 Å². The molecule has 1 heterocycles. The van der Waals surface area contributed by atoms with E-state index in [1.807, 2.05) is 0 Å². The van der Waals surface area contributed by atoms with Gasteiger partial charge in [0, 0.05) is 25.2 Å². The van der Waals surface area contributed by atoms with Crippen LogP contribution in [0.15, 0.2) is 0 Å². The van der Waals surface area contributed by atoms with E-state index in [-0.39, 0.29) is 5.54 Å². The van der Waals surface area contributed by atoms with Gasteiger partial charge in [0.1, 0.15) is 0 Å². The fraction of sp³-hybridized carbons (Fsp3) is 1.00. The Morgan fingerprint density at radius 3 is 2.55 bits per heavy atom. The molecule has 0 aromatic rings. The number of ether oxygens (including phenoxy) is 1. The number of nitrogens with zero attached hydrogens (tertiary/aromatic N) is 1. The molecule has 2 N–H and O–H groups in total. The Morgan fingerprint density at radius 2 is 1.95 bits per heavy atom. The highest BCUT2D eigenvalue weighted by molar-refractivity contribution is 4.96. The highest BCUT2D eigenvalue weighted by atomic mass is 16.5. The second kappa shape index (κ2) is 7.24. The zero-order chi connectivity index (χ0) is 14.6. The van der Waals surface area contributed by atoms with Crippen LogP contribution in [0.4, 0.5) is 0 Å². The van der Waals surface area contributed by atoms with Crippen LogP contribution in [0.5, 0.6) is 0 Å². The van der Waals surface area contributed by atoms with E-state index in [4.69, 9.17) is 10.5 Å². The molecular weight excluding hydrogens is 248 g/mol. The summed E-state index contributed by atoms with van der Waals surface area (Å²) in [5, 5.41) is 0. The fourth-order valence-electron chi connectivity index (χ4n) is 4.00. The number of hydrogen-bond donors (Lipinski definition) is 1. The molecule has 2 rings (SSSR count). The molecule has 2 aliphatic rings. The summed E-state index contributed by atoms with van der Waals surface area (Å²) in [6.07, 6.45) is 9.68. The van der Waals surface area contributed by atoms with Crippen LogP contribution in [0.3, 0.4) is 0 Å². The molecular formula is C17H34N2O. The van der Waals surface area contributed by atoms with Crippen molar-refractivity contribution in [2.45, 2.75) is 70.4 Å². The maximum atomic E-state index is 6.21. The van der Waals surface area contributed by atoms with Gasteiger partial charge in [-0.3, -0.25) is 4.90 Å². The van der Waals surface area contributed by atoms with E-state index in [9.17, 15) is 0 Å². The molecule has 1 aliphatic carbocycles. The first-order chi connectivity index (χ1) is 9.57. The molecule has 1 saturated carbocycles. The number of rotatable bonds is 5. The molecule has 118 valence electrons. The van der Waals surface area contributed by atoms with Gasteiger partial charge < -0.3 is 10.5 Å². The smallest absolute Gasteiger partial charge is 0.0616 e. The van der Waals surface area contributed by atoms with Crippen molar-refractivity contribution >= 4 is 0 Å². The van der Waals surface area contributed by atoms with Gasteiger partial charge in [-0.2, -0.15) is 0 Å². The van der Waals surface area contributed by atoms with Gasteiger partial charge in [0.15, 0.2) is 0 Å². The SMILES string of the molecule is CC(C)C1CC(CN)(N(C)CC2CCCCC2)CCO1. The summed E-state index contributed by atoms with van der Waals surface area (Å²) in [5.74, 6) is 1.47. The van der Waals surface area contributed by atoms with Crippen molar-refractivity contribution in [2.24, 2.45) is 17.6 Å². The second-order valence-corrected chi connectivity index (χ2v) is 7.42. The van der Waals surface area contributed by atoms with Crippen molar-refractivity contribution in [1.82, 2.24) is 4.90 Å². The summed E-state index contributed by atoms with van der Waals surface area (Å²) >= 11 is 0. The van der Waals surface area contributed by atoms with E-state index < -0.39 is 0 Å². The summed E-state index contributed by atoms with van der Waals surface area (Å²) in [4.78, 5) is 2.58. The van der Waals surface area contributed by atoms with Crippen LogP contribution in [0.1, 0.15) is 58.8 Å². The molecule has 0 radical (unpaired) electrons. The molecule has 2 atom stereocenters. The highest BCUT2D eigenvalue weighted by Crippen LogP contribution is 2.34. The zero-order valence-electron chi connectivity index (χ0n) is 13.7. The van der Waals surface area contributed by atoms with Crippen LogP contribution in [0, 0.1) is 11.8 Å². The van der Waals surface area contributed by atoms with Gasteiger partial charge in [-0.05, 0) is 44.6 Å². The highest BCUT2D eigenvalue weighted by Gasteiger charge is 2.40. The molecule has 0 aromatic carbocycles. The Kier molecular flexibility index (Phi) is 5.88. The van der Waals surface area contributed by atoms with Gasteiger partial charge in [-0.25, -0.2) is 0 Å². The average Bonchev–Trinajstić information content (AvgIpc) is 2.48. The van der Waals surface area contributed by atoms with Crippen LogP contribution in [0.2, 0.25) is 0 Å². The minimum atomic E-state index is 0.171. The van der Waals surface area contributed by atoms with Crippen molar-refractivity contribution in [1.29, 1.82) is 0 Å². The number of nitrogens with two attached hydrogens (primary N) is 1. The van der Waals surface area contributed by atoms with Crippen molar-refractivity contribution in [3.8, 4) is 0 Å². The van der Waals surface area contributed by atoms with Gasteiger partial charge in [-0.15, -0.1) is 0 Å². The minimum Gasteiger partial charge on any atom is -0.378 e. The summed E-state index contributed by atoms with van der Waals surface area (Å²) < 4.78 is 5.95. The predicted octanol–water partition coefficient (Wildman–Crippen LogP) is 3.03. The number of likely N-dealkylation sites (N-methyl/N-ethyl adjacent to an activating group) is 1. The quantitative estimate of drug-likeness (QED) is 0.842. The number of hydrogen-bond acceptors (Lipinski definition) is 3. The lowest BCUT2D eigenvalue weighted by molar-refractivity contribution is -0.0847. The standard InChI is InChI=1S/C17H34N2O/c1-14(2)16-11-17(13-18,9-10-20-16)19(3)12-15-7-5-4-6-8-15/h14-16H,4-13,18H2,1-3H3. The van der Waals surface area contributed by atoms with Crippen molar-refractivity contribution in [3.63, 3.8) is 0 Å². The summed E-state index contributed by atoms with van der Waals surface area (Å²) in [6.45, 7) is 7.39. The molecule has 2 unspecified atom stereocenters. The topological polar surface area (TPSA) is 38.5 Å². The summed E-state index contributed by atoms with van der Waals surface area (Å²) in [5.41, 5.74) is 6.38. The van der Waals surface area contributed by atoms with Gasteiger partial charge in [-0.1, -0.05) is 33.1 Å². The maximum Gasteiger partial charge on any atom is 0.0616 e. The maximum absolute atomic E-state index is 6.21. The van der Waals surface area contributed by atoms with Crippen LogP contribution in [-0.2, 0) is 4.74 Å². The third-order valence-corrected chi connectivity index (χ3v) is 5.67. The molecule has 3 heteroatoms. The molecule has 2 fully saturated rings. The molecule has 1 aliphatic heterocycles. The Balaban J connectivity index is 1.97. The lowest BCUT2D eigenvalue weighted by atomic mass is 9.80. The molecule has 0 aromatic heterocycles. The fourth-order valence-corrected chi connectivity index (χ4v) is 4.00. The Labute approximate surface area is 125 Å². The van der Waals surface area contributed by atoms with Gasteiger partial charge in [0.25, 0.3) is 0 Å². The monoisotopic (exact) mass is 282 g/mol. The first kappa shape index (κ1) is 16.3. The third kappa shape index (κ3) is 3.75. The van der Waals surface area contributed by atoms with Crippen LogP contribution < -0.4 is 5.73 Å². The van der Waals surface area contributed by atoms with Gasteiger partial charge in [0.2, 0.25) is 0 Å². The van der Waals surface area contributed by atoms with Crippen LogP contribution in [0.25, 0.3) is 0 Å². The normalized spacial score (nSPS) is 33.0. The Hall–Kier alpha value is -0.120. The minimum absolute atomic E-state index is 0.171. The summed E-state index contributed by atoms with van der Waals surface area (Å²) in [7, 11) is 2.30. The second-order valence-electron chi connectivity index (χ2n) is 7.42. The lowest BCUT2D eigenvalue weighted by Crippen LogP contribution is -2.58. The predicted molar refractivity (Wildman–Crippen MR) is 84.8 cm³/mol. The molecule has 3 nitrogen and oxygen atoms in total. The van der Waals surface area contributed by atoms with E-state index in [1.165, 1.54) is 38.6 Å². The van der Waals surface area contributed by atoms with Crippen molar-refractivity contribution in [3.05, 3.63) is 0 Å². The largest absolute Gasteiger partial charge is 0.378 e. The summed E-state index contributed by atoms with van der Waals surface area (Å²) in [6, 6.07) is 0. The molecule has 0 amide bonds. The van der Waals surface area contributed by atoms with E-state index in [2.05, 4.69) is 25.8 Å². The van der Waals surface area contributed by atoms with Crippen LogP contribution in [-0.4, -0.2) is 43.3 Å². The zero-order valence-corrected chi connectivity index (χ0v) is 13.7. The third-order valence-electron chi connectivity index (χ3n) is 5.67. The van der Waals surface area contributed by atoms with Gasteiger partial charge >= 0.3 is 0 Å². The first-order valence-corrected chi connectivity index (χ1v) is 8.60. The lowest BCUT2D eigenvalue weighted by Gasteiger charge is -2.48. The molecule has 0 bridgehead atoms. The average molecular weight is 282 g/mol. The molecule has 20 heavy (non-hydrogen) atoms. The van der Waals surface area contributed by atoms with Crippen LogP contribution >= 0.6 is 0 Å². The Morgan fingerprint density at radius 1 is 1.25 bits per heavy atom. The van der Waals surface area contributed by atoms with Crippen molar-refractivity contribution in [2.75, 3.05) is 26.7 Å². The first-order valence-electron chi connectivity index (χ1n) is 8.60.